The molecule has 1 aromatic carbocycles. The van der Waals surface area contributed by atoms with Crippen molar-refractivity contribution < 1.29 is 8.42 Å². The molecule has 1 saturated carbocycles. The Morgan fingerprint density at radius 3 is 2.48 bits per heavy atom. The van der Waals surface area contributed by atoms with E-state index in [1.807, 2.05) is 24.3 Å². The first kappa shape index (κ1) is 24.2. The van der Waals surface area contributed by atoms with E-state index in [2.05, 4.69) is 34.2 Å². The zero-order valence-corrected chi connectivity index (χ0v) is 19.6. The Bertz CT molecular complexity index is 701. The summed E-state index contributed by atoms with van der Waals surface area (Å²) in [6, 6.07) is 8.08. The molecule has 0 aliphatic heterocycles. The molecule has 8 heteroatoms. The van der Waals surface area contributed by atoms with E-state index in [0.29, 0.717) is 12.6 Å². The van der Waals surface area contributed by atoms with Gasteiger partial charge < -0.3 is 10.6 Å². The van der Waals surface area contributed by atoms with Crippen LogP contribution < -0.4 is 15.4 Å². The minimum absolute atomic E-state index is 0. The lowest BCUT2D eigenvalue weighted by molar-refractivity contribution is 0.329. The lowest BCUT2D eigenvalue weighted by Gasteiger charge is -2.28. The van der Waals surface area contributed by atoms with Crippen molar-refractivity contribution in [3.63, 3.8) is 0 Å². The van der Waals surface area contributed by atoms with Gasteiger partial charge in [-0.1, -0.05) is 31.2 Å². The Morgan fingerprint density at radius 2 is 1.85 bits per heavy atom. The summed E-state index contributed by atoms with van der Waals surface area (Å²) < 4.78 is 25.8. The Hall–Kier alpha value is -0.870. The second-order valence-corrected chi connectivity index (χ2v) is 9.01. The average molecular weight is 508 g/mol. The summed E-state index contributed by atoms with van der Waals surface area (Å²) in [5.74, 6) is 1.64. The number of aliphatic imine (C=N–C) groups is 1. The van der Waals surface area contributed by atoms with Crippen molar-refractivity contribution >= 4 is 40.0 Å². The quantitative estimate of drug-likeness (QED) is 0.301. The maximum atomic E-state index is 11.7. The normalized spacial score (nSPS) is 20.6. The summed E-state index contributed by atoms with van der Waals surface area (Å²) in [6.07, 6.45) is 4.89. The van der Waals surface area contributed by atoms with Gasteiger partial charge in [-0.25, -0.2) is 18.1 Å². The van der Waals surface area contributed by atoms with Crippen molar-refractivity contribution in [3.8, 4) is 0 Å². The van der Waals surface area contributed by atoms with E-state index in [-0.39, 0.29) is 29.7 Å². The first-order valence-electron chi connectivity index (χ1n) is 9.45. The van der Waals surface area contributed by atoms with Gasteiger partial charge in [0.15, 0.2) is 5.96 Å². The van der Waals surface area contributed by atoms with Gasteiger partial charge in [0.05, 0.1) is 12.3 Å². The molecule has 3 N–H and O–H groups in total. The number of nitrogens with one attached hydrogen (secondary N) is 3. The van der Waals surface area contributed by atoms with Gasteiger partial charge in [0.25, 0.3) is 0 Å². The van der Waals surface area contributed by atoms with Crippen LogP contribution in [0.15, 0.2) is 29.3 Å². The Kier molecular flexibility index (Phi) is 10.6. The maximum absolute atomic E-state index is 11.7. The molecule has 0 saturated heterocycles. The smallest absolute Gasteiger partial charge is 0.215 e. The summed E-state index contributed by atoms with van der Waals surface area (Å²) in [6.45, 7) is 5.71. The highest BCUT2D eigenvalue weighted by Gasteiger charge is 2.18. The number of benzene rings is 1. The molecule has 0 bridgehead atoms. The lowest BCUT2D eigenvalue weighted by Crippen LogP contribution is -2.44. The van der Waals surface area contributed by atoms with Crippen LogP contribution in [0.3, 0.4) is 0 Å². The van der Waals surface area contributed by atoms with Crippen molar-refractivity contribution in [2.45, 2.75) is 57.9 Å². The van der Waals surface area contributed by atoms with E-state index in [9.17, 15) is 8.42 Å². The van der Waals surface area contributed by atoms with Crippen LogP contribution in [-0.2, 0) is 22.3 Å². The van der Waals surface area contributed by atoms with Crippen LogP contribution in [0.4, 0.5) is 0 Å². The summed E-state index contributed by atoms with van der Waals surface area (Å²) in [5.41, 5.74) is 1.77. The van der Waals surface area contributed by atoms with E-state index >= 15 is 0 Å². The molecule has 0 amide bonds. The van der Waals surface area contributed by atoms with Crippen molar-refractivity contribution in [3.05, 3.63) is 35.4 Å². The molecular formula is C19H33IN4O2S. The van der Waals surface area contributed by atoms with E-state index in [1.165, 1.54) is 32.7 Å². The molecule has 0 aromatic heterocycles. The lowest BCUT2D eigenvalue weighted by atomic mass is 9.87. The van der Waals surface area contributed by atoms with E-state index in [0.717, 1.165) is 29.5 Å². The maximum Gasteiger partial charge on any atom is 0.215 e. The van der Waals surface area contributed by atoms with Gasteiger partial charge in [-0.2, -0.15) is 0 Å². The molecule has 1 aliphatic carbocycles. The molecule has 27 heavy (non-hydrogen) atoms. The van der Waals surface area contributed by atoms with Crippen LogP contribution in [0.1, 0.15) is 50.7 Å². The number of rotatable bonds is 7. The molecular weight excluding hydrogens is 475 g/mol. The van der Waals surface area contributed by atoms with Crippen molar-refractivity contribution in [2.75, 3.05) is 13.6 Å². The SMILES string of the molecule is CCNC(=NCc1cccc(CS(=O)(=O)NC)c1)NC1CCC(C)CC1.I. The molecule has 154 valence electrons. The number of sulfonamides is 1. The largest absolute Gasteiger partial charge is 0.357 e. The summed E-state index contributed by atoms with van der Waals surface area (Å²) in [7, 11) is -1.83. The zero-order valence-electron chi connectivity index (χ0n) is 16.5. The third-order valence-corrected chi connectivity index (χ3v) is 6.12. The van der Waals surface area contributed by atoms with E-state index < -0.39 is 10.0 Å². The molecule has 0 atom stereocenters. The monoisotopic (exact) mass is 508 g/mol. The molecule has 1 fully saturated rings. The number of halogens is 1. The highest BCUT2D eigenvalue weighted by Crippen LogP contribution is 2.23. The van der Waals surface area contributed by atoms with Gasteiger partial charge in [-0.3, -0.25) is 0 Å². The van der Waals surface area contributed by atoms with Gasteiger partial charge in [0.2, 0.25) is 10.0 Å². The Balaban J connectivity index is 0.00000364. The fourth-order valence-electron chi connectivity index (χ4n) is 3.20. The van der Waals surface area contributed by atoms with E-state index in [1.54, 1.807) is 0 Å². The van der Waals surface area contributed by atoms with Crippen LogP contribution in [-0.4, -0.2) is 34.0 Å². The molecule has 2 rings (SSSR count). The fourth-order valence-corrected chi connectivity index (χ4v) is 3.96. The second kappa shape index (κ2) is 11.9. The summed E-state index contributed by atoms with van der Waals surface area (Å²) in [5, 5.41) is 6.85. The number of nitrogens with zero attached hydrogens (tertiary/aromatic N) is 1. The third-order valence-electron chi connectivity index (χ3n) is 4.78. The summed E-state index contributed by atoms with van der Waals surface area (Å²) in [4.78, 5) is 4.68. The predicted molar refractivity (Wildman–Crippen MR) is 123 cm³/mol. The first-order chi connectivity index (χ1) is 12.4. The van der Waals surface area contributed by atoms with Gasteiger partial charge in [0, 0.05) is 12.6 Å². The van der Waals surface area contributed by atoms with Gasteiger partial charge in [-0.15, -0.1) is 24.0 Å². The van der Waals surface area contributed by atoms with Crippen molar-refractivity contribution in [2.24, 2.45) is 10.9 Å². The van der Waals surface area contributed by atoms with Crippen molar-refractivity contribution in [1.29, 1.82) is 0 Å². The van der Waals surface area contributed by atoms with Gasteiger partial charge >= 0.3 is 0 Å². The minimum atomic E-state index is -3.26. The second-order valence-electron chi connectivity index (χ2n) is 7.08. The topological polar surface area (TPSA) is 82.6 Å². The molecule has 6 nitrogen and oxygen atoms in total. The van der Waals surface area contributed by atoms with Crippen LogP contribution in [0.25, 0.3) is 0 Å². The molecule has 1 aliphatic rings. The van der Waals surface area contributed by atoms with Gasteiger partial charge in [0.1, 0.15) is 0 Å². The highest BCUT2D eigenvalue weighted by molar-refractivity contribution is 14.0. The number of hydrogen-bond acceptors (Lipinski definition) is 3. The number of guanidine groups is 1. The first-order valence-corrected chi connectivity index (χ1v) is 11.1. The number of hydrogen-bond donors (Lipinski definition) is 3. The predicted octanol–water partition coefficient (Wildman–Crippen LogP) is 2.99. The Morgan fingerprint density at radius 1 is 1.19 bits per heavy atom. The van der Waals surface area contributed by atoms with Crippen LogP contribution in [0, 0.1) is 5.92 Å². The van der Waals surface area contributed by atoms with Crippen LogP contribution in [0.5, 0.6) is 0 Å². The molecule has 0 unspecified atom stereocenters. The van der Waals surface area contributed by atoms with Crippen LogP contribution in [0.2, 0.25) is 0 Å². The minimum Gasteiger partial charge on any atom is -0.357 e. The average Bonchev–Trinajstić information content (AvgIpc) is 2.62. The van der Waals surface area contributed by atoms with Crippen molar-refractivity contribution in [1.82, 2.24) is 15.4 Å². The van der Waals surface area contributed by atoms with E-state index in [4.69, 9.17) is 0 Å². The molecule has 0 spiro atoms. The summed E-state index contributed by atoms with van der Waals surface area (Å²) >= 11 is 0. The molecule has 0 radical (unpaired) electrons. The van der Waals surface area contributed by atoms with Crippen LogP contribution >= 0.6 is 24.0 Å². The van der Waals surface area contributed by atoms with Gasteiger partial charge in [-0.05, 0) is 56.7 Å². The highest BCUT2D eigenvalue weighted by atomic mass is 127. The zero-order chi connectivity index (χ0) is 19.0. The third kappa shape index (κ3) is 8.78. The fraction of sp³-hybridized carbons (Fsp3) is 0.632. The Labute approximate surface area is 181 Å². The standard InChI is InChI=1S/C19H32N4O2S.HI/c1-4-21-19(23-18-10-8-15(2)9-11-18)22-13-16-6-5-7-17(12-16)14-26(24,25)20-3;/h5-7,12,15,18,20H,4,8-11,13-14H2,1-3H3,(H2,21,22,23);1H. The molecule has 0 heterocycles. The molecule has 1 aromatic rings.